The van der Waals surface area contributed by atoms with E-state index in [1.54, 1.807) is 0 Å². The summed E-state index contributed by atoms with van der Waals surface area (Å²) in [5, 5.41) is 0. The van der Waals surface area contributed by atoms with Gasteiger partial charge in [-0.2, -0.15) is 0 Å². The Morgan fingerprint density at radius 2 is 2.17 bits per heavy atom. The number of hydrogen-bond donors (Lipinski definition) is 0. The minimum Gasteiger partial charge on any atom is -0.478 e. The van der Waals surface area contributed by atoms with Gasteiger partial charge in [0.05, 0.1) is 6.61 Å². The molecule has 1 atom stereocenters. The molecule has 1 aliphatic heterocycles. The second kappa shape index (κ2) is 7.99. The molecule has 0 aliphatic carbocycles. The minimum atomic E-state index is -0.462. The summed E-state index contributed by atoms with van der Waals surface area (Å²) >= 11 is 3.33. The Hall–Kier alpha value is -1.30. The number of pyridine rings is 1. The topological polar surface area (TPSA) is 51.7 Å². The second-order valence-corrected chi connectivity index (χ2v) is 7.57. The zero-order chi connectivity index (χ0) is 16.9. The highest BCUT2D eigenvalue weighted by Gasteiger charge is 2.30. The Labute approximate surface area is 146 Å². The third-order valence-electron chi connectivity index (χ3n) is 3.65. The van der Waals surface area contributed by atoms with Gasteiger partial charge in [0.25, 0.3) is 0 Å². The maximum absolute atomic E-state index is 12.3. The van der Waals surface area contributed by atoms with Crippen molar-refractivity contribution in [2.24, 2.45) is 0 Å². The van der Waals surface area contributed by atoms with Crippen molar-refractivity contribution in [2.75, 3.05) is 13.2 Å². The van der Waals surface area contributed by atoms with Crippen LogP contribution in [0.15, 0.2) is 22.8 Å². The highest BCUT2D eigenvalue weighted by atomic mass is 79.9. The number of halogens is 1. The average Bonchev–Trinajstić information content (AvgIpc) is 2.46. The third kappa shape index (κ3) is 6.01. The number of carbonyl (C=O) groups is 1. The largest absolute Gasteiger partial charge is 0.478 e. The lowest BCUT2D eigenvalue weighted by Crippen LogP contribution is -2.46. The minimum absolute atomic E-state index is 0.172. The maximum atomic E-state index is 12.3. The van der Waals surface area contributed by atoms with Gasteiger partial charge in [0.1, 0.15) is 10.2 Å². The molecule has 1 aliphatic rings. The predicted molar refractivity (Wildman–Crippen MR) is 92.6 cm³/mol. The SMILES string of the molecule is CC(C)(C)OC(=O)N1CCCC[C@@H]1CCOc1cccc(Br)n1. The fourth-order valence-corrected chi connectivity index (χ4v) is 2.96. The first-order valence-corrected chi connectivity index (χ1v) is 8.89. The number of piperidine rings is 1. The highest BCUT2D eigenvalue weighted by Crippen LogP contribution is 2.23. The van der Waals surface area contributed by atoms with E-state index < -0.39 is 5.60 Å². The van der Waals surface area contributed by atoms with Crippen molar-refractivity contribution in [3.63, 3.8) is 0 Å². The third-order valence-corrected chi connectivity index (χ3v) is 4.09. The van der Waals surface area contributed by atoms with Crippen molar-refractivity contribution >= 4 is 22.0 Å². The summed E-state index contributed by atoms with van der Waals surface area (Å²) in [6, 6.07) is 5.75. The van der Waals surface area contributed by atoms with E-state index in [1.807, 2.05) is 43.9 Å². The van der Waals surface area contributed by atoms with Gasteiger partial charge in [-0.05, 0) is 62.0 Å². The van der Waals surface area contributed by atoms with Crippen molar-refractivity contribution in [3.8, 4) is 5.88 Å². The zero-order valence-electron chi connectivity index (χ0n) is 14.0. The first-order chi connectivity index (χ1) is 10.8. The molecule has 1 aromatic heterocycles. The quantitative estimate of drug-likeness (QED) is 0.721. The van der Waals surface area contributed by atoms with Crippen LogP contribution >= 0.6 is 15.9 Å². The van der Waals surface area contributed by atoms with E-state index in [1.165, 1.54) is 0 Å². The van der Waals surface area contributed by atoms with E-state index in [0.29, 0.717) is 12.5 Å². The number of likely N-dealkylation sites (tertiary alicyclic amines) is 1. The number of hydrogen-bond acceptors (Lipinski definition) is 4. The lowest BCUT2D eigenvalue weighted by atomic mass is 10.0. The van der Waals surface area contributed by atoms with Gasteiger partial charge in [0.15, 0.2) is 0 Å². The van der Waals surface area contributed by atoms with Crippen LogP contribution < -0.4 is 4.74 Å². The molecule has 1 amide bonds. The van der Waals surface area contributed by atoms with Crippen LogP contribution in [0.2, 0.25) is 0 Å². The summed E-state index contributed by atoms with van der Waals surface area (Å²) < 4.78 is 12.0. The molecule has 6 heteroatoms. The highest BCUT2D eigenvalue weighted by molar-refractivity contribution is 9.10. The molecule has 0 spiro atoms. The number of rotatable bonds is 4. The van der Waals surface area contributed by atoms with E-state index in [4.69, 9.17) is 9.47 Å². The fraction of sp³-hybridized carbons (Fsp3) is 0.647. The number of carbonyl (C=O) groups excluding carboxylic acids is 1. The van der Waals surface area contributed by atoms with Crippen LogP contribution in [0, 0.1) is 0 Å². The van der Waals surface area contributed by atoms with Gasteiger partial charge in [0, 0.05) is 25.1 Å². The molecule has 2 rings (SSSR count). The monoisotopic (exact) mass is 384 g/mol. The molecule has 1 fully saturated rings. The Morgan fingerprint density at radius 1 is 1.39 bits per heavy atom. The van der Waals surface area contributed by atoms with Gasteiger partial charge in [-0.1, -0.05) is 6.07 Å². The van der Waals surface area contributed by atoms with Gasteiger partial charge >= 0.3 is 6.09 Å². The van der Waals surface area contributed by atoms with Gasteiger partial charge in [-0.25, -0.2) is 9.78 Å². The molecule has 1 aromatic rings. The Balaban J connectivity index is 1.87. The van der Waals surface area contributed by atoms with E-state index in [0.717, 1.165) is 36.8 Å². The van der Waals surface area contributed by atoms with Gasteiger partial charge in [0.2, 0.25) is 5.88 Å². The Bertz CT molecular complexity index is 531. The molecule has 0 saturated carbocycles. The van der Waals surface area contributed by atoms with Crippen molar-refractivity contribution in [2.45, 2.75) is 58.1 Å². The van der Waals surface area contributed by atoms with Crippen molar-refractivity contribution in [1.82, 2.24) is 9.88 Å². The summed E-state index contributed by atoms with van der Waals surface area (Å²) in [7, 11) is 0. The Kier molecular flexibility index (Phi) is 6.27. The molecule has 0 aromatic carbocycles. The molecule has 128 valence electrons. The van der Waals surface area contributed by atoms with E-state index in [2.05, 4.69) is 20.9 Å². The number of aromatic nitrogens is 1. The van der Waals surface area contributed by atoms with E-state index >= 15 is 0 Å². The van der Waals surface area contributed by atoms with Crippen LogP contribution in [0.25, 0.3) is 0 Å². The van der Waals surface area contributed by atoms with Gasteiger partial charge in [-0.15, -0.1) is 0 Å². The summed E-state index contributed by atoms with van der Waals surface area (Å²) in [5.41, 5.74) is -0.462. The molecule has 0 bridgehead atoms. The number of ether oxygens (including phenoxy) is 2. The van der Waals surface area contributed by atoms with Crippen molar-refractivity contribution < 1.29 is 14.3 Å². The Morgan fingerprint density at radius 3 is 2.87 bits per heavy atom. The second-order valence-electron chi connectivity index (χ2n) is 6.76. The molecule has 2 heterocycles. The maximum Gasteiger partial charge on any atom is 0.410 e. The molecule has 1 saturated heterocycles. The van der Waals surface area contributed by atoms with Crippen molar-refractivity contribution in [1.29, 1.82) is 0 Å². The fourth-order valence-electron chi connectivity index (χ4n) is 2.63. The smallest absolute Gasteiger partial charge is 0.410 e. The average molecular weight is 385 g/mol. The lowest BCUT2D eigenvalue weighted by molar-refractivity contribution is 0.00738. The first-order valence-electron chi connectivity index (χ1n) is 8.10. The summed E-state index contributed by atoms with van der Waals surface area (Å²) in [5.74, 6) is 0.596. The predicted octanol–water partition coefficient (Wildman–Crippen LogP) is 4.40. The standard InChI is InChI=1S/C17H25BrN2O3/c1-17(2,3)23-16(21)20-11-5-4-7-13(20)10-12-22-15-9-6-8-14(18)19-15/h6,8-9,13H,4-5,7,10-12H2,1-3H3/t13-/m1/s1. The molecule has 0 N–H and O–H groups in total. The number of nitrogens with zero attached hydrogens (tertiary/aromatic N) is 2. The first kappa shape index (κ1) is 18.0. The van der Waals surface area contributed by atoms with Crippen LogP contribution in [0.3, 0.4) is 0 Å². The van der Waals surface area contributed by atoms with E-state index in [-0.39, 0.29) is 12.1 Å². The lowest BCUT2D eigenvalue weighted by Gasteiger charge is -2.36. The molecular weight excluding hydrogens is 360 g/mol. The van der Waals surface area contributed by atoms with Crippen LogP contribution in [-0.2, 0) is 4.74 Å². The molecule has 23 heavy (non-hydrogen) atoms. The van der Waals surface area contributed by atoms with Gasteiger partial charge in [-0.3, -0.25) is 0 Å². The van der Waals surface area contributed by atoms with Crippen molar-refractivity contribution in [3.05, 3.63) is 22.8 Å². The normalized spacial score (nSPS) is 18.6. The van der Waals surface area contributed by atoms with Crippen LogP contribution in [0.4, 0.5) is 4.79 Å². The van der Waals surface area contributed by atoms with Crippen LogP contribution in [-0.4, -0.2) is 40.8 Å². The zero-order valence-corrected chi connectivity index (χ0v) is 15.6. The summed E-state index contributed by atoms with van der Waals surface area (Å²) in [6.45, 7) is 6.98. The molecule has 0 unspecified atom stereocenters. The van der Waals surface area contributed by atoms with E-state index in [9.17, 15) is 4.79 Å². The van der Waals surface area contributed by atoms with Gasteiger partial charge < -0.3 is 14.4 Å². The molecular formula is C17H25BrN2O3. The van der Waals surface area contributed by atoms with Crippen LogP contribution in [0.1, 0.15) is 46.5 Å². The number of amides is 1. The van der Waals surface area contributed by atoms with Crippen LogP contribution in [0.5, 0.6) is 5.88 Å². The molecule has 5 nitrogen and oxygen atoms in total. The summed E-state index contributed by atoms with van der Waals surface area (Å²) in [6.07, 6.45) is 3.73. The molecule has 0 radical (unpaired) electrons. The summed E-state index contributed by atoms with van der Waals surface area (Å²) in [4.78, 5) is 18.4.